The van der Waals surface area contributed by atoms with Gasteiger partial charge in [0.05, 0.1) is 0 Å². The molecule has 0 radical (unpaired) electrons. The molecular formula is C12H28N2S. The molecule has 0 aliphatic carbocycles. The number of thioether (sulfide) groups is 1. The van der Waals surface area contributed by atoms with Gasteiger partial charge in [-0.2, -0.15) is 11.8 Å². The normalized spacial score (nSPS) is 12.4. The van der Waals surface area contributed by atoms with Gasteiger partial charge in [0.2, 0.25) is 0 Å². The van der Waals surface area contributed by atoms with Crippen LogP contribution in [0.25, 0.3) is 0 Å². The largest absolute Gasteiger partial charge is 0.330 e. The van der Waals surface area contributed by atoms with Crippen molar-refractivity contribution in [2.24, 2.45) is 11.1 Å². The zero-order valence-electron chi connectivity index (χ0n) is 10.9. The maximum absolute atomic E-state index is 5.75. The second-order valence-corrected chi connectivity index (χ2v) is 6.18. The predicted octanol–water partition coefficient (Wildman–Crippen LogP) is 2.44. The molecule has 15 heavy (non-hydrogen) atoms. The number of rotatable bonds is 9. The van der Waals surface area contributed by atoms with Crippen molar-refractivity contribution in [2.45, 2.75) is 34.1 Å². The third-order valence-electron chi connectivity index (χ3n) is 2.62. The van der Waals surface area contributed by atoms with E-state index in [9.17, 15) is 0 Å². The Balaban J connectivity index is 3.72. The molecule has 0 amide bonds. The molecule has 0 saturated heterocycles. The molecule has 0 atom stereocenters. The summed E-state index contributed by atoms with van der Waals surface area (Å²) in [6.45, 7) is 13.2. The van der Waals surface area contributed by atoms with Crippen LogP contribution in [-0.4, -0.2) is 42.6 Å². The first-order valence-electron chi connectivity index (χ1n) is 6.06. The van der Waals surface area contributed by atoms with Gasteiger partial charge in [-0.3, -0.25) is 0 Å². The smallest absolute Gasteiger partial charge is 0.00446 e. The van der Waals surface area contributed by atoms with E-state index in [1.54, 1.807) is 0 Å². The molecule has 2 N–H and O–H groups in total. The van der Waals surface area contributed by atoms with Crippen LogP contribution in [0.2, 0.25) is 0 Å². The van der Waals surface area contributed by atoms with Crippen molar-refractivity contribution in [2.75, 3.05) is 37.7 Å². The second-order valence-electron chi connectivity index (χ2n) is 4.79. The lowest BCUT2D eigenvalue weighted by Crippen LogP contribution is -2.39. The standard InChI is InChI=1S/C12H28N2S/c1-5-14(8-7-9-15-6-2)11-12(3,4)10-13/h5-11,13H2,1-4H3. The first-order chi connectivity index (χ1) is 7.05. The van der Waals surface area contributed by atoms with E-state index < -0.39 is 0 Å². The highest BCUT2D eigenvalue weighted by atomic mass is 32.2. The molecule has 3 heteroatoms. The Bertz CT molecular complexity index is 149. The molecule has 0 rings (SSSR count). The van der Waals surface area contributed by atoms with Crippen LogP contribution >= 0.6 is 11.8 Å². The van der Waals surface area contributed by atoms with Crippen LogP contribution in [0.1, 0.15) is 34.1 Å². The first-order valence-corrected chi connectivity index (χ1v) is 7.21. The Morgan fingerprint density at radius 1 is 1.27 bits per heavy atom. The summed E-state index contributed by atoms with van der Waals surface area (Å²) in [5, 5.41) is 0. The van der Waals surface area contributed by atoms with Crippen LogP contribution in [0.4, 0.5) is 0 Å². The summed E-state index contributed by atoms with van der Waals surface area (Å²) >= 11 is 2.03. The lowest BCUT2D eigenvalue weighted by Gasteiger charge is -2.31. The molecule has 0 fully saturated rings. The Labute approximate surface area is 100.0 Å². The SMILES string of the molecule is CCSCCCN(CC)CC(C)(C)CN. The Hall–Kier alpha value is 0.270. The van der Waals surface area contributed by atoms with Crippen LogP contribution < -0.4 is 5.73 Å². The van der Waals surface area contributed by atoms with Crippen molar-refractivity contribution >= 4 is 11.8 Å². The maximum Gasteiger partial charge on any atom is 0.00446 e. The van der Waals surface area contributed by atoms with E-state index in [1.807, 2.05) is 11.8 Å². The van der Waals surface area contributed by atoms with Crippen LogP contribution in [0, 0.1) is 5.41 Å². The minimum Gasteiger partial charge on any atom is -0.330 e. The molecule has 0 unspecified atom stereocenters. The molecule has 0 aromatic rings. The van der Waals surface area contributed by atoms with Gasteiger partial charge in [-0.1, -0.05) is 27.7 Å². The van der Waals surface area contributed by atoms with Crippen LogP contribution in [-0.2, 0) is 0 Å². The van der Waals surface area contributed by atoms with Crippen molar-refractivity contribution in [3.05, 3.63) is 0 Å². The van der Waals surface area contributed by atoms with E-state index in [2.05, 4.69) is 32.6 Å². The second kappa shape index (κ2) is 8.43. The third-order valence-corrected chi connectivity index (χ3v) is 3.60. The minimum atomic E-state index is 0.258. The molecule has 0 saturated carbocycles. The molecular weight excluding hydrogens is 204 g/mol. The Morgan fingerprint density at radius 3 is 2.40 bits per heavy atom. The van der Waals surface area contributed by atoms with Gasteiger partial charge in [0.15, 0.2) is 0 Å². The quantitative estimate of drug-likeness (QED) is 0.619. The first kappa shape index (κ1) is 15.3. The summed E-state index contributed by atoms with van der Waals surface area (Å²) in [6, 6.07) is 0. The van der Waals surface area contributed by atoms with Gasteiger partial charge in [0.1, 0.15) is 0 Å². The number of hydrogen-bond acceptors (Lipinski definition) is 3. The van der Waals surface area contributed by atoms with Crippen molar-refractivity contribution in [1.82, 2.24) is 4.90 Å². The predicted molar refractivity (Wildman–Crippen MR) is 72.6 cm³/mol. The van der Waals surface area contributed by atoms with Crippen LogP contribution in [0.15, 0.2) is 0 Å². The maximum atomic E-state index is 5.75. The zero-order chi connectivity index (χ0) is 11.7. The van der Waals surface area contributed by atoms with Gasteiger partial charge in [0, 0.05) is 6.54 Å². The lowest BCUT2D eigenvalue weighted by atomic mass is 9.93. The summed E-state index contributed by atoms with van der Waals surface area (Å²) in [5.74, 6) is 2.52. The van der Waals surface area contributed by atoms with E-state index in [1.165, 1.54) is 24.5 Å². The minimum absolute atomic E-state index is 0.258. The van der Waals surface area contributed by atoms with Gasteiger partial charge in [-0.05, 0) is 43.0 Å². The van der Waals surface area contributed by atoms with E-state index >= 15 is 0 Å². The summed E-state index contributed by atoms with van der Waals surface area (Å²) in [4.78, 5) is 2.52. The summed E-state index contributed by atoms with van der Waals surface area (Å²) < 4.78 is 0. The van der Waals surface area contributed by atoms with E-state index in [0.717, 1.165) is 19.6 Å². The Kier molecular flexibility index (Phi) is 8.58. The molecule has 0 aromatic heterocycles. The zero-order valence-corrected chi connectivity index (χ0v) is 11.7. The molecule has 0 aliphatic heterocycles. The topological polar surface area (TPSA) is 29.3 Å². The fourth-order valence-corrected chi connectivity index (χ4v) is 2.18. The highest BCUT2D eigenvalue weighted by molar-refractivity contribution is 7.99. The Morgan fingerprint density at radius 2 is 1.93 bits per heavy atom. The molecule has 2 nitrogen and oxygen atoms in total. The average molecular weight is 232 g/mol. The number of nitrogens with two attached hydrogens (primary N) is 1. The van der Waals surface area contributed by atoms with Crippen molar-refractivity contribution in [1.29, 1.82) is 0 Å². The lowest BCUT2D eigenvalue weighted by molar-refractivity contribution is 0.191. The molecule has 0 spiro atoms. The van der Waals surface area contributed by atoms with Crippen LogP contribution in [0.3, 0.4) is 0 Å². The summed E-state index contributed by atoms with van der Waals surface area (Å²) in [6.07, 6.45) is 1.30. The van der Waals surface area contributed by atoms with Gasteiger partial charge in [-0.15, -0.1) is 0 Å². The summed E-state index contributed by atoms with van der Waals surface area (Å²) in [7, 11) is 0. The molecule has 0 heterocycles. The number of nitrogens with zero attached hydrogens (tertiary/aromatic N) is 1. The van der Waals surface area contributed by atoms with Crippen molar-refractivity contribution in [3.8, 4) is 0 Å². The average Bonchev–Trinajstić information content (AvgIpc) is 2.22. The molecule has 0 aliphatic rings. The van der Waals surface area contributed by atoms with E-state index in [4.69, 9.17) is 5.73 Å². The summed E-state index contributed by atoms with van der Waals surface area (Å²) in [5.41, 5.74) is 6.01. The fraction of sp³-hybridized carbons (Fsp3) is 1.00. The molecule has 0 aromatic carbocycles. The monoisotopic (exact) mass is 232 g/mol. The third kappa shape index (κ3) is 8.12. The highest BCUT2D eigenvalue weighted by Crippen LogP contribution is 2.15. The van der Waals surface area contributed by atoms with E-state index in [-0.39, 0.29) is 5.41 Å². The van der Waals surface area contributed by atoms with Crippen LogP contribution in [0.5, 0.6) is 0 Å². The highest BCUT2D eigenvalue weighted by Gasteiger charge is 2.18. The number of hydrogen-bond donors (Lipinski definition) is 1. The van der Waals surface area contributed by atoms with Gasteiger partial charge < -0.3 is 10.6 Å². The van der Waals surface area contributed by atoms with Crippen molar-refractivity contribution < 1.29 is 0 Å². The van der Waals surface area contributed by atoms with Gasteiger partial charge >= 0.3 is 0 Å². The van der Waals surface area contributed by atoms with Gasteiger partial charge in [0.25, 0.3) is 0 Å². The molecule has 92 valence electrons. The van der Waals surface area contributed by atoms with Gasteiger partial charge in [-0.25, -0.2) is 0 Å². The molecule has 0 bridgehead atoms. The fourth-order valence-electron chi connectivity index (χ4n) is 1.55. The van der Waals surface area contributed by atoms with Crippen molar-refractivity contribution in [3.63, 3.8) is 0 Å². The van der Waals surface area contributed by atoms with E-state index in [0.29, 0.717) is 0 Å².